The van der Waals surface area contributed by atoms with Crippen molar-refractivity contribution in [2.75, 3.05) is 0 Å². The van der Waals surface area contributed by atoms with Crippen LogP contribution in [-0.4, -0.2) is 22.0 Å². The van der Waals surface area contributed by atoms with Gasteiger partial charge in [-0.25, -0.2) is 0 Å². The van der Waals surface area contributed by atoms with E-state index in [1.54, 1.807) is 0 Å². The van der Waals surface area contributed by atoms with E-state index in [2.05, 4.69) is 31.2 Å². The summed E-state index contributed by atoms with van der Waals surface area (Å²) < 4.78 is 5.85. The van der Waals surface area contributed by atoms with Gasteiger partial charge in [-0.3, -0.25) is 0 Å². The molecule has 3 rings (SSSR count). The molecule has 2 aliphatic rings. The lowest BCUT2D eigenvalue weighted by Crippen LogP contribution is -2.35. The molecule has 3 nitrogen and oxygen atoms in total. The molecule has 1 heterocycles. The van der Waals surface area contributed by atoms with Gasteiger partial charge in [-0.2, -0.15) is 0 Å². The maximum Gasteiger partial charge on any atom is 0.238 e. The van der Waals surface area contributed by atoms with E-state index in [4.69, 9.17) is 4.74 Å². The van der Waals surface area contributed by atoms with E-state index < -0.39 is 12.0 Å². The third-order valence-electron chi connectivity index (χ3n) is 4.70. The van der Waals surface area contributed by atoms with Crippen molar-refractivity contribution in [2.45, 2.75) is 58.1 Å². The highest BCUT2D eigenvalue weighted by Crippen LogP contribution is 2.45. The van der Waals surface area contributed by atoms with Gasteiger partial charge in [0.1, 0.15) is 0 Å². The van der Waals surface area contributed by atoms with E-state index in [1.165, 1.54) is 11.1 Å². The SMILES string of the molecule is CCC1=CC=C(N2C(O)OC(C)(C)C2c2ccccc2)CC1. The van der Waals surface area contributed by atoms with Crippen LogP contribution in [0, 0.1) is 0 Å². The number of hydrogen-bond acceptors (Lipinski definition) is 3. The van der Waals surface area contributed by atoms with E-state index in [9.17, 15) is 5.11 Å². The lowest BCUT2D eigenvalue weighted by Gasteiger charge is -2.34. The van der Waals surface area contributed by atoms with Gasteiger partial charge in [0.2, 0.25) is 6.41 Å². The Morgan fingerprint density at radius 1 is 1.18 bits per heavy atom. The Morgan fingerprint density at radius 3 is 2.50 bits per heavy atom. The summed E-state index contributed by atoms with van der Waals surface area (Å²) in [6, 6.07) is 10.3. The number of aliphatic hydroxyl groups excluding tert-OH is 1. The molecule has 1 aliphatic carbocycles. The lowest BCUT2D eigenvalue weighted by molar-refractivity contribution is -0.161. The molecular formula is C19H25NO2. The summed E-state index contributed by atoms with van der Waals surface area (Å²) in [7, 11) is 0. The molecule has 22 heavy (non-hydrogen) atoms. The molecule has 0 saturated carbocycles. The highest BCUT2D eigenvalue weighted by atomic mass is 16.7. The van der Waals surface area contributed by atoms with Crippen molar-refractivity contribution in [1.82, 2.24) is 4.90 Å². The predicted molar refractivity (Wildman–Crippen MR) is 87.9 cm³/mol. The van der Waals surface area contributed by atoms with Crippen molar-refractivity contribution in [2.24, 2.45) is 0 Å². The average molecular weight is 299 g/mol. The summed E-state index contributed by atoms with van der Waals surface area (Å²) >= 11 is 0. The summed E-state index contributed by atoms with van der Waals surface area (Å²) in [5, 5.41) is 10.5. The zero-order chi connectivity index (χ0) is 15.7. The van der Waals surface area contributed by atoms with Gasteiger partial charge in [-0.1, -0.05) is 48.9 Å². The molecule has 0 bridgehead atoms. The van der Waals surface area contributed by atoms with Crippen LogP contribution in [0.25, 0.3) is 0 Å². The first kappa shape index (κ1) is 15.3. The molecule has 0 spiro atoms. The molecule has 1 aliphatic heterocycles. The normalized spacial score (nSPS) is 27.5. The van der Waals surface area contributed by atoms with Crippen molar-refractivity contribution in [1.29, 1.82) is 0 Å². The van der Waals surface area contributed by atoms with Gasteiger partial charge >= 0.3 is 0 Å². The van der Waals surface area contributed by atoms with Crippen molar-refractivity contribution < 1.29 is 9.84 Å². The minimum absolute atomic E-state index is 0.0199. The van der Waals surface area contributed by atoms with E-state index in [0.717, 1.165) is 25.0 Å². The monoisotopic (exact) mass is 299 g/mol. The topological polar surface area (TPSA) is 32.7 Å². The summed E-state index contributed by atoms with van der Waals surface area (Å²) in [5.41, 5.74) is 3.37. The van der Waals surface area contributed by atoms with Crippen molar-refractivity contribution in [3.63, 3.8) is 0 Å². The molecular weight excluding hydrogens is 274 g/mol. The molecule has 1 aromatic carbocycles. The Bertz CT molecular complexity index is 589. The Hall–Kier alpha value is -1.58. The quantitative estimate of drug-likeness (QED) is 0.911. The van der Waals surface area contributed by atoms with Crippen LogP contribution in [0.3, 0.4) is 0 Å². The van der Waals surface area contributed by atoms with Crippen LogP contribution in [0.2, 0.25) is 0 Å². The fourth-order valence-electron chi connectivity index (χ4n) is 3.54. The minimum atomic E-state index is -0.886. The molecule has 118 valence electrons. The third-order valence-corrected chi connectivity index (χ3v) is 4.70. The van der Waals surface area contributed by atoms with Crippen LogP contribution in [-0.2, 0) is 4.74 Å². The second kappa shape index (κ2) is 5.90. The zero-order valence-corrected chi connectivity index (χ0v) is 13.6. The Labute approximate surface area is 132 Å². The molecule has 0 radical (unpaired) electrons. The van der Waals surface area contributed by atoms with E-state index in [0.29, 0.717) is 0 Å². The van der Waals surface area contributed by atoms with Crippen molar-refractivity contribution >= 4 is 0 Å². The van der Waals surface area contributed by atoms with Gasteiger partial charge < -0.3 is 14.7 Å². The Balaban J connectivity index is 1.98. The van der Waals surface area contributed by atoms with Crippen molar-refractivity contribution in [3.8, 4) is 0 Å². The maximum absolute atomic E-state index is 10.5. The van der Waals surface area contributed by atoms with Gasteiger partial charge in [-0.15, -0.1) is 0 Å². The van der Waals surface area contributed by atoms with Gasteiger partial charge in [0.05, 0.1) is 11.6 Å². The first-order valence-corrected chi connectivity index (χ1v) is 8.10. The maximum atomic E-state index is 10.5. The second-order valence-electron chi connectivity index (χ2n) is 6.60. The fraction of sp³-hybridized carbons (Fsp3) is 0.474. The second-order valence-corrected chi connectivity index (χ2v) is 6.60. The van der Waals surface area contributed by atoms with E-state index in [-0.39, 0.29) is 6.04 Å². The number of nitrogens with zero attached hydrogens (tertiary/aromatic N) is 1. The molecule has 1 N–H and O–H groups in total. The highest BCUT2D eigenvalue weighted by molar-refractivity contribution is 5.29. The zero-order valence-electron chi connectivity index (χ0n) is 13.6. The fourth-order valence-corrected chi connectivity index (χ4v) is 3.54. The number of rotatable bonds is 3. The molecule has 0 amide bonds. The number of hydrogen-bond donors (Lipinski definition) is 1. The third kappa shape index (κ3) is 2.71. The molecule has 0 aromatic heterocycles. The van der Waals surface area contributed by atoms with Gasteiger partial charge in [0.15, 0.2) is 0 Å². The smallest absolute Gasteiger partial charge is 0.238 e. The van der Waals surface area contributed by atoms with Crippen LogP contribution in [0.4, 0.5) is 0 Å². The summed E-state index contributed by atoms with van der Waals surface area (Å²) in [5.74, 6) is 0. The standard InChI is InChI=1S/C19H25NO2/c1-4-14-10-12-16(13-11-14)20-17(15-8-6-5-7-9-15)19(2,3)22-18(20)21/h5-10,12,17-18,21H,4,11,13H2,1-3H3. The molecule has 1 fully saturated rings. The molecule has 2 unspecified atom stereocenters. The number of allylic oxidation sites excluding steroid dienone is 4. The number of ether oxygens (including phenoxy) is 1. The molecule has 1 saturated heterocycles. The molecule has 1 aromatic rings. The lowest BCUT2D eigenvalue weighted by atomic mass is 9.90. The first-order valence-electron chi connectivity index (χ1n) is 8.10. The molecule has 2 atom stereocenters. The largest absolute Gasteiger partial charge is 0.351 e. The van der Waals surface area contributed by atoms with Crippen LogP contribution in [0.5, 0.6) is 0 Å². The number of aliphatic hydroxyl groups is 1. The van der Waals surface area contributed by atoms with Crippen LogP contribution >= 0.6 is 0 Å². The van der Waals surface area contributed by atoms with Crippen LogP contribution in [0.15, 0.2) is 53.8 Å². The minimum Gasteiger partial charge on any atom is -0.351 e. The average Bonchev–Trinajstić information content (AvgIpc) is 2.77. The van der Waals surface area contributed by atoms with Crippen LogP contribution in [0.1, 0.15) is 51.6 Å². The van der Waals surface area contributed by atoms with E-state index in [1.807, 2.05) is 36.9 Å². The van der Waals surface area contributed by atoms with Crippen molar-refractivity contribution in [3.05, 3.63) is 59.3 Å². The summed E-state index contributed by atoms with van der Waals surface area (Å²) in [6.07, 6.45) is 6.57. The van der Waals surface area contributed by atoms with Crippen LogP contribution < -0.4 is 0 Å². The summed E-state index contributed by atoms with van der Waals surface area (Å²) in [6.45, 7) is 6.28. The van der Waals surface area contributed by atoms with E-state index >= 15 is 0 Å². The Kier molecular flexibility index (Phi) is 4.11. The summed E-state index contributed by atoms with van der Waals surface area (Å²) in [4.78, 5) is 2.04. The van der Waals surface area contributed by atoms with Gasteiger partial charge in [-0.05, 0) is 44.7 Å². The van der Waals surface area contributed by atoms with Gasteiger partial charge in [0.25, 0.3) is 0 Å². The molecule has 3 heteroatoms. The first-order chi connectivity index (χ1) is 10.5. The predicted octanol–water partition coefficient (Wildman–Crippen LogP) is 4.13. The Morgan fingerprint density at radius 2 is 1.91 bits per heavy atom. The number of benzene rings is 1. The highest BCUT2D eigenvalue weighted by Gasteiger charge is 2.48. The van der Waals surface area contributed by atoms with Gasteiger partial charge in [0, 0.05) is 5.70 Å².